The molecule has 1 aliphatic rings. The SMILES string of the molecule is c1cnc2c(-c3cnn(C4CCNCC4)c3)cccc2c1. The third kappa shape index (κ3) is 2.32. The van der Waals surface area contributed by atoms with Crippen LogP contribution < -0.4 is 5.32 Å². The van der Waals surface area contributed by atoms with E-state index in [9.17, 15) is 0 Å². The molecule has 21 heavy (non-hydrogen) atoms. The van der Waals surface area contributed by atoms with Gasteiger partial charge in [-0.1, -0.05) is 24.3 Å². The maximum Gasteiger partial charge on any atom is 0.0781 e. The molecule has 0 spiro atoms. The van der Waals surface area contributed by atoms with Gasteiger partial charge in [-0.2, -0.15) is 5.10 Å². The second-order valence-corrected chi connectivity index (χ2v) is 5.57. The molecule has 0 bridgehead atoms. The Labute approximate surface area is 123 Å². The van der Waals surface area contributed by atoms with Gasteiger partial charge in [0.2, 0.25) is 0 Å². The van der Waals surface area contributed by atoms with E-state index in [1.807, 2.05) is 18.5 Å². The lowest BCUT2D eigenvalue weighted by Gasteiger charge is -2.22. The fraction of sp³-hybridized carbons (Fsp3) is 0.294. The molecule has 1 fully saturated rings. The van der Waals surface area contributed by atoms with E-state index < -0.39 is 0 Å². The van der Waals surface area contributed by atoms with Crippen molar-refractivity contribution in [1.29, 1.82) is 0 Å². The van der Waals surface area contributed by atoms with Gasteiger partial charge in [0.15, 0.2) is 0 Å². The maximum absolute atomic E-state index is 4.58. The monoisotopic (exact) mass is 278 g/mol. The molecule has 3 heterocycles. The Bertz CT molecular complexity index is 751. The first-order valence-electron chi connectivity index (χ1n) is 7.51. The van der Waals surface area contributed by atoms with Crippen molar-refractivity contribution in [3.63, 3.8) is 0 Å². The lowest BCUT2D eigenvalue weighted by atomic mass is 10.0. The van der Waals surface area contributed by atoms with Crippen molar-refractivity contribution >= 4 is 10.9 Å². The zero-order valence-corrected chi connectivity index (χ0v) is 11.9. The van der Waals surface area contributed by atoms with Crippen LogP contribution in [0.4, 0.5) is 0 Å². The van der Waals surface area contributed by atoms with Gasteiger partial charge in [-0.05, 0) is 32.0 Å². The van der Waals surface area contributed by atoms with Crippen LogP contribution in [0, 0.1) is 0 Å². The first-order chi connectivity index (χ1) is 10.4. The van der Waals surface area contributed by atoms with E-state index in [2.05, 4.69) is 50.5 Å². The second kappa shape index (κ2) is 5.30. The van der Waals surface area contributed by atoms with E-state index >= 15 is 0 Å². The average molecular weight is 278 g/mol. The lowest BCUT2D eigenvalue weighted by Crippen LogP contribution is -2.29. The molecular weight excluding hydrogens is 260 g/mol. The fourth-order valence-corrected chi connectivity index (χ4v) is 3.09. The van der Waals surface area contributed by atoms with Crippen LogP contribution in [0.15, 0.2) is 48.9 Å². The number of hydrogen-bond acceptors (Lipinski definition) is 3. The molecule has 3 aromatic rings. The van der Waals surface area contributed by atoms with Gasteiger partial charge in [0, 0.05) is 28.9 Å². The number of nitrogens with zero attached hydrogens (tertiary/aromatic N) is 3. The molecule has 4 nitrogen and oxygen atoms in total. The van der Waals surface area contributed by atoms with Gasteiger partial charge in [-0.25, -0.2) is 0 Å². The number of nitrogens with one attached hydrogen (secondary N) is 1. The molecule has 0 unspecified atom stereocenters. The molecular formula is C17H18N4. The molecule has 2 aromatic heterocycles. The highest BCUT2D eigenvalue weighted by molar-refractivity contribution is 5.93. The van der Waals surface area contributed by atoms with Gasteiger partial charge in [0.1, 0.15) is 0 Å². The summed E-state index contributed by atoms with van der Waals surface area (Å²) >= 11 is 0. The summed E-state index contributed by atoms with van der Waals surface area (Å²) in [7, 11) is 0. The highest BCUT2D eigenvalue weighted by atomic mass is 15.3. The fourth-order valence-electron chi connectivity index (χ4n) is 3.09. The Balaban J connectivity index is 1.74. The van der Waals surface area contributed by atoms with Gasteiger partial charge >= 0.3 is 0 Å². The zero-order valence-electron chi connectivity index (χ0n) is 11.9. The molecule has 0 atom stereocenters. The number of aromatic nitrogens is 3. The number of hydrogen-bond donors (Lipinski definition) is 1. The summed E-state index contributed by atoms with van der Waals surface area (Å²) in [6.45, 7) is 2.16. The van der Waals surface area contributed by atoms with Crippen LogP contribution in [0.1, 0.15) is 18.9 Å². The summed E-state index contributed by atoms with van der Waals surface area (Å²) in [5.74, 6) is 0. The van der Waals surface area contributed by atoms with Gasteiger partial charge in [-0.3, -0.25) is 9.67 Å². The third-order valence-corrected chi connectivity index (χ3v) is 4.23. The zero-order chi connectivity index (χ0) is 14.1. The van der Waals surface area contributed by atoms with Crippen molar-refractivity contribution in [2.45, 2.75) is 18.9 Å². The number of fused-ring (bicyclic) bond motifs is 1. The summed E-state index contributed by atoms with van der Waals surface area (Å²) in [6, 6.07) is 10.9. The number of pyridine rings is 1. The highest BCUT2D eigenvalue weighted by Crippen LogP contribution is 2.28. The van der Waals surface area contributed by atoms with E-state index in [4.69, 9.17) is 0 Å². The van der Waals surface area contributed by atoms with Gasteiger partial charge in [-0.15, -0.1) is 0 Å². The van der Waals surface area contributed by atoms with E-state index in [0.29, 0.717) is 6.04 Å². The van der Waals surface area contributed by atoms with E-state index in [-0.39, 0.29) is 0 Å². The molecule has 106 valence electrons. The number of rotatable bonds is 2. The predicted octanol–water partition coefficient (Wildman–Crippen LogP) is 3.02. The molecule has 0 radical (unpaired) electrons. The van der Waals surface area contributed by atoms with Gasteiger partial charge in [0.05, 0.1) is 17.8 Å². The van der Waals surface area contributed by atoms with Crippen molar-refractivity contribution in [3.8, 4) is 11.1 Å². The van der Waals surface area contributed by atoms with Crippen LogP contribution in [0.3, 0.4) is 0 Å². The van der Waals surface area contributed by atoms with Crippen molar-refractivity contribution < 1.29 is 0 Å². The summed E-state index contributed by atoms with van der Waals surface area (Å²) < 4.78 is 2.12. The molecule has 1 saturated heterocycles. The normalized spacial score (nSPS) is 16.4. The maximum atomic E-state index is 4.58. The predicted molar refractivity (Wildman–Crippen MR) is 84.1 cm³/mol. The molecule has 0 saturated carbocycles. The Kier molecular flexibility index (Phi) is 3.16. The van der Waals surface area contributed by atoms with Gasteiger partial charge in [0.25, 0.3) is 0 Å². The Morgan fingerprint density at radius 2 is 1.95 bits per heavy atom. The molecule has 4 rings (SSSR count). The quantitative estimate of drug-likeness (QED) is 0.783. The molecule has 1 aromatic carbocycles. The molecule has 1 N–H and O–H groups in total. The number of para-hydroxylation sites is 1. The van der Waals surface area contributed by atoms with Gasteiger partial charge < -0.3 is 5.32 Å². The van der Waals surface area contributed by atoms with Crippen molar-refractivity contribution in [2.24, 2.45) is 0 Å². The largest absolute Gasteiger partial charge is 0.317 e. The molecule has 4 heteroatoms. The van der Waals surface area contributed by atoms with Crippen LogP contribution in [0.25, 0.3) is 22.0 Å². The number of piperidine rings is 1. The van der Waals surface area contributed by atoms with E-state index in [1.165, 1.54) is 5.39 Å². The standard InChI is InChI=1S/C17H18N4/c1-3-13-4-2-8-19-17(13)16(5-1)14-11-20-21(12-14)15-6-9-18-10-7-15/h1-5,8,11-12,15,18H,6-7,9-10H2. The van der Waals surface area contributed by atoms with Crippen LogP contribution in [0.2, 0.25) is 0 Å². The first-order valence-corrected chi connectivity index (χ1v) is 7.51. The van der Waals surface area contributed by atoms with Crippen LogP contribution in [0.5, 0.6) is 0 Å². The minimum Gasteiger partial charge on any atom is -0.317 e. The van der Waals surface area contributed by atoms with Crippen LogP contribution >= 0.6 is 0 Å². The van der Waals surface area contributed by atoms with E-state index in [0.717, 1.165) is 42.6 Å². The minimum absolute atomic E-state index is 0.517. The topological polar surface area (TPSA) is 42.7 Å². The molecule has 0 amide bonds. The van der Waals surface area contributed by atoms with Crippen LogP contribution in [-0.2, 0) is 0 Å². The second-order valence-electron chi connectivity index (χ2n) is 5.57. The Hall–Kier alpha value is -2.20. The summed E-state index contributed by atoms with van der Waals surface area (Å²) in [5.41, 5.74) is 3.36. The smallest absolute Gasteiger partial charge is 0.0781 e. The highest BCUT2D eigenvalue weighted by Gasteiger charge is 2.16. The summed E-state index contributed by atoms with van der Waals surface area (Å²) in [4.78, 5) is 4.53. The minimum atomic E-state index is 0.517. The summed E-state index contributed by atoms with van der Waals surface area (Å²) in [5, 5.41) is 9.15. The molecule has 0 aliphatic carbocycles. The third-order valence-electron chi connectivity index (χ3n) is 4.23. The Morgan fingerprint density at radius 3 is 2.86 bits per heavy atom. The van der Waals surface area contributed by atoms with Crippen LogP contribution in [-0.4, -0.2) is 27.9 Å². The van der Waals surface area contributed by atoms with Crippen molar-refractivity contribution in [2.75, 3.05) is 13.1 Å². The van der Waals surface area contributed by atoms with E-state index in [1.54, 1.807) is 0 Å². The number of benzene rings is 1. The first kappa shape index (κ1) is 12.5. The average Bonchev–Trinajstić information content (AvgIpc) is 3.05. The molecule has 1 aliphatic heterocycles. The lowest BCUT2D eigenvalue weighted by molar-refractivity contribution is 0.343. The van der Waals surface area contributed by atoms with Crippen molar-refractivity contribution in [1.82, 2.24) is 20.1 Å². The Morgan fingerprint density at radius 1 is 1.10 bits per heavy atom. The summed E-state index contributed by atoms with van der Waals surface area (Å²) in [6.07, 6.45) is 8.28. The van der Waals surface area contributed by atoms with Crippen molar-refractivity contribution in [3.05, 3.63) is 48.9 Å².